The standard InChI is InChI=1S/C16H23N7O/c1-10(2)15(24)22-4-5-23-13(9-22)7-12(21-23)8-18-14-6-11(3)19-16(17)20-14/h6-7,10H,4-5,8-9H2,1-3H3,(H3,17,18,19,20). The summed E-state index contributed by atoms with van der Waals surface area (Å²) in [6, 6.07) is 3.87. The Kier molecular flexibility index (Phi) is 4.37. The normalized spacial score (nSPS) is 13.9. The molecule has 128 valence electrons. The van der Waals surface area contributed by atoms with Crippen molar-refractivity contribution in [2.45, 2.75) is 40.4 Å². The van der Waals surface area contributed by atoms with Crippen LogP contribution in [0, 0.1) is 12.8 Å². The number of carbonyl (C=O) groups is 1. The van der Waals surface area contributed by atoms with Gasteiger partial charge in [0.25, 0.3) is 0 Å². The molecule has 0 bridgehead atoms. The average Bonchev–Trinajstić information content (AvgIpc) is 2.93. The molecule has 8 nitrogen and oxygen atoms in total. The van der Waals surface area contributed by atoms with E-state index in [0.29, 0.717) is 25.5 Å². The molecule has 1 aliphatic rings. The number of nitrogens with one attached hydrogen (secondary N) is 1. The van der Waals surface area contributed by atoms with Crippen LogP contribution in [0.15, 0.2) is 12.1 Å². The monoisotopic (exact) mass is 329 g/mol. The maximum atomic E-state index is 12.1. The smallest absolute Gasteiger partial charge is 0.225 e. The van der Waals surface area contributed by atoms with Gasteiger partial charge in [0, 0.05) is 24.2 Å². The third kappa shape index (κ3) is 3.47. The lowest BCUT2D eigenvalue weighted by atomic mass is 10.1. The number of rotatable bonds is 4. The summed E-state index contributed by atoms with van der Waals surface area (Å²) in [4.78, 5) is 22.2. The highest BCUT2D eigenvalue weighted by Crippen LogP contribution is 2.17. The SMILES string of the molecule is Cc1cc(NCc2cc3n(n2)CCN(C(=O)C(C)C)C3)nc(N)n1. The molecular formula is C16H23N7O. The van der Waals surface area contributed by atoms with Crippen LogP contribution in [0.5, 0.6) is 0 Å². The molecule has 0 radical (unpaired) electrons. The molecule has 0 atom stereocenters. The fourth-order valence-electron chi connectivity index (χ4n) is 2.83. The van der Waals surface area contributed by atoms with Crippen LogP contribution < -0.4 is 11.1 Å². The fraction of sp³-hybridized carbons (Fsp3) is 0.500. The number of anilines is 2. The summed E-state index contributed by atoms with van der Waals surface area (Å²) < 4.78 is 1.97. The predicted molar refractivity (Wildman–Crippen MR) is 91.0 cm³/mol. The van der Waals surface area contributed by atoms with Crippen LogP contribution in [0.1, 0.15) is 30.9 Å². The molecule has 0 saturated heterocycles. The largest absolute Gasteiger partial charge is 0.368 e. The Hall–Kier alpha value is -2.64. The summed E-state index contributed by atoms with van der Waals surface area (Å²) in [5.74, 6) is 1.15. The Morgan fingerprint density at radius 3 is 2.83 bits per heavy atom. The van der Waals surface area contributed by atoms with E-state index in [2.05, 4.69) is 20.4 Å². The Bertz CT molecular complexity index is 733. The minimum absolute atomic E-state index is 0.0204. The van der Waals surface area contributed by atoms with Gasteiger partial charge in [-0.15, -0.1) is 0 Å². The first-order valence-corrected chi connectivity index (χ1v) is 8.12. The van der Waals surface area contributed by atoms with Crippen LogP contribution in [0.3, 0.4) is 0 Å². The van der Waals surface area contributed by atoms with Crippen molar-refractivity contribution in [3.8, 4) is 0 Å². The Morgan fingerprint density at radius 1 is 1.33 bits per heavy atom. The molecule has 0 unspecified atom stereocenters. The van der Waals surface area contributed by atoms with Crippen LogP contribution >= 0.6 is 0 Å². The number of aryl methyl sites for hydroxylation is 1. The van der Waals surface area contributed by atoms with Crippen LogP contribution in [0.4, 0.5) is 11.8 Å². The van der Waals surface area contributed by atoms with Crippen molar-refractivity contribution in [1.29, 1.82) is 0 Å². The third-order valence-electron chi connectivity index (χ3n) is 3.98. The van der Waals surface area contributed by atoms with E-state index in [1.807, 2.05) is 42.5 Å². The second-order valence-electron chi connectivity index (χ2n) is 6.37. The first-order valence-electron chi connectivity index (χ1n) is 8.12. The summed E-state index contributed by atoms with van der Waals surface area (Å²) >= 11 is 0. The van der Waals surface area contributed by atoms with Gasteiger partial charge in [0.2, 0.25) is 11.9 Å². The number of nitrogens with two attached hydrogens (primary N) is 1. The number of fused-ring (bicyclic) bond motifs is 1. The first kappa shape index (κ1) is 16.2. The Labute approximate surface area is 141 Å². The molecule has 1 aliphatic heterocycles. The van der Waals surface area contributed by atoms with Gasteiger partial charge in [0.05, 0.1) is 31.0 Å². The highest BCUT2D eigenvalue weighted by molar-refractivity contribution is 5.78. The van der Waals surface area contributed by atoms with Crippen molar-refractivity contribution in [3.63, 3.8) is 0 Å². The maximum absolute atomic E-state index is 12.1. The fourth-order valence-corrected chi connectivity index (χ4v) is 2.83. The topological polar surface area (TPSA) is 102 Å². The lowest BCUT2D eigenvalue weighted by molar-refractivity contribution is -0.136. The average molecular weight is 329 g/mol. The summed E-state index contributed by atoms with van der Waals surface area (Å²) in [5.41, 5.74) is 8.45. The van der Waals surface area contributed by atoms with E-state index < -0.39 is 0 Å². The number of hydrogen-bond acceptors (Lipinski definition) is 6. The molecule has 24 heavy (non-hydrogen) atoms. The van der Waals surface area contributed by atoms with Crippen molar-refractivity contribution in [2.24, 2.45) is 5.92 Å². The van der Waals surface area contributed by atoms with Crippen LogP contribution in [-0.4, -0.2) is 37.1 Å². The quantitative estimate of drug-likeness (QED) is 0.873. The van der Waals surface area contributed by atoms with E-state index in [1.165, 1.54) is 0 Å². The Morgan fingerprint density at radius 2 is 2.12 bits per heavy atom. The summed E-state index contributed by atoms with van der Waals surface area (Å²) in [5, 5.41) is 7.81. The zero-order chi connectivity index (χ0) is 17.3. The minimum Gasteiger partial charge on any atom is -0.368 e. The van der Waals surface area contributed by atoms with E-state index >= 15 is 0 Å². The lowest BCUT2D eigenvalue weighted by Crippen LogP contribution is -2.40. The van der Waals surface area contributed by atoms with Crippen molar-refractivity contribution >= 4 is 17.7 Å². The number of aromatic nitrogens is 4. The molecule has 0 aliphatic carbocycles. The number of nitrogens with zero attached hydrogens (tertiary/aromatic N) is 5. The van der Waals surface area contributed by atoms with Gasteiger partial charge in [0.1, 0.15) is 5.82 Å². The van der Waals surface area contributed by atoms with E-state index in [-0.39, 0.29) is 17.8 Å². The van der Waals surface area contributed by atoms with E-state index in [4.69, 9.17) is 5.73 Å². The molecular weight excluding hydrogens is 306 g/mol. The maximum Gasteiger partial charge on any atom is 0.225 e. The van der Waals surface area contributed by atoms with Crippen LogP contribution in [0.25, 0.3) is 0 Å². The molecule has 3 rings (SSSR count). The van der Waals surface area contributed by atoms with Crippen LogP contribution in [-0.2, 0) is 24.4 Å². The van der Waals surface area contributed by atoms with E-state index in [9.17, 15) is 4.79 Å². The summed E-state index contributed by atoms with van der Waals surface area (Å²) in [6.07, 6.45) is 0. The highest BCUT2D eigenvalue weighted by Gasteiger charge is 2.23. The minimum atomic E-state index is 0.0204. The van der Waals surface area contributed by atoms with E-state index in [1.54, 1.807) is 0 Å². The zero-order valence-corrected chi connectivity index (χ0v) is 14.3. The van der Waals surface area contributed by atoms with Gasteiger partial charge in [-0.05, 0) is 13.0 Å². The third-order valence-corrected chi connectivity index (χ3v) is 3.98. The van der Waals surface area contributed by atoms with Gasteiger partial charge in [-0.3, -0.25) is 9.48 Å². The molecule has 1 amide bonds. The molecule has 0 spiro atoms. The molecule has 2 aromatic rings. The Balaban J connectivity index is 1.66. The molecule has 0 fully saturated rings. The first-order chi connectivity index (χ1) is 11.4. The van der Waals surface area contributed by atoms with Gasteiger partial charge < -0.3 is 16.0 Å². The van der Waals surface area contributed by atoms with Gasteiger partial charge in [0.15, 0.2) is 0 Å². The predicted octanol–water partition coefficient (Wildman–Crippen LogP) is 1.17. The lowest BCUT2D eigenvalue weighted by Gasteiger charge is -2.29. The summed E-state index contributed by atoms with van der Waals surface area (Å²) in [6.45, 7) is 8.34. The molecule has 3 heterocycles. The van der Waals surface area contributed by atoms with Gasteiger partial charge in [-0.2, -0.15) is 10.1 Å². The van der Waals surface area contributed by atoms with Crippen LogP contribution in [0.2, 0.25) is 0 Å². The van der Waals surface area contributed by atoms with Crippen molar-refractivity contribution in [2.75, 3.05) is 17.6 Å². The van der Waals surface area contributed by atoms with Crippen molar-refractivity contribution in [3.05, 3.63) is 29.2 Å². The van der Waals surface area contributed by atoms with Gasteiger partial charge >= 0.3 is 0 Å². The molecule has 0 saturated carbocycles. The molecule has 0 aromatic carbocycles. The number of amides is 1. The van der Waals surface area contributed by atoms with E-state index in [0.717, 1.165) is 23.6 Å². The number of hydrogen-bond donors (Lipinski definition) is 2. The van der Waals surface area contributed by atoms with Crippen molar-refractivity contribution in [1.82, 2.24) is 24.6 Å². The molecule has 2 aromatic heterocycles. The van der Waals surface area contributed by atoms with Crippen molar-refractivity contribution < 1.29 is 4.79 Å². The molecule has 8 heteroatoms. The summed E-state index contributed by atoms with van der Waals surface area (Å²) in [7, 11) is 0. The second-order valence-corrected chi connectivity index (χ2v) is 6.37. The highest BCUT2D eigenvalue weighted by atomic mass is 16.2. The number of carbonyl (C=O) groups excluding carboxylic acids is 1. The van der Waals surface area contributed by atoms with Gasteiger partial charge in [-0.25, -0.2) is 4.98 Å². The number of nitrogen functional groups attached to an aromatic ring is 1. The second kappa shape index (κ2) is 6.46. The van der Waals surface area contributed by atoms with Gasteiger partial charge in [-0.1, -0.05) is 13.8 Å². The zero-order valence-electron chi connectivity index (χ0n) is 14.3. The molecule has 3 N–H and O–H groups in total.